The number of aliphatic hydroxyl groups is 1. The Morgan fingerprint density at radius 2 is 2.00 bits per heavy atom. The third-order valence-corrected chi connectivity index (χ3v) is 9.11. The molecule has 0 bridgehead atoms. The van der Waals surface area contributed by atoms with E-state index in [1.54, 1.807) is 22.3 Å². The van der Waals surface area contributed by atoms with Crippen LogP contribution < -0.4 is 10.6 Å². The highest BCUT2D eigenvalue weighted by Gasteiger charge is 2.42. The van der Waals surface area contributed by atoms with Crippen molar-refractivity contribution in [3.63, 3.8) is 0 Å². The highest BCUT2D eigenvalue weighted by Crippen LogP contribution is 2.33. The zero-order chi connectivity index (χ0) is 28.5. The van der Waals surface area contributed by atoms with Gasteiger partial charge in [-0.1, -0.05) is 50.3 Å². The van der Waals surface area contributed by atoms with E-state index in [1.807, 2.05) is 31.2 Å². The zero-order valence-corrected chi connectivity index (χ0v) is 23.4. The number of benzene rings is 1. The van der Waals surface area contributed by atoms with E-state index in [1.165, 1.54) is 6.42 Å². The largest absolute Gasteiger partial charge is 0.389 e. The highest BCUT2D eigenvalue weighted by atomic mass is 16.3. The first-order valence-electron chi connectivity index (χ1n) is 14.8. The fourth-order valence-corrected chi connectivity index (χ4v) is 6.84. The van der Waals surface area contributed by atoms with Crippen LogP contribution in [0.3, 0.4) is 0 Å². The van der Waals surface area contributed by atoms with Crippen LogP contribution >= 0.6 is 0 Å². The van der Waals surface area contributed by atoms with Crippen LogP contribution in [0.15, 0.2) is 36.8 Å². The summed E-state index contributed by atoms with van der Waals surface area (Å²) in [4.78, 5) is 54.0. The molecule has 11 nitrogen and oxygen atoms in total. The summed E-state index contributed by atoms with van der Waals surface area (Å²) in [5.41, 5.74) is 2.97. The topological polar surface area (TPSA) is 146 Å². The van der Waals surface area contributed by atoms with Crippen LogP contribution in [-0.2, 0) is 17.8 Å². The number of aromatic nitrogens is 3. The smallest absolute Gasteiger partial charge is 0.317 e. The number of urea groups is 1. The Hall–Kier alpha value is -3.86. The first kappa shape index (κ1) is 27.3. The summed E-state index contributed by atoms with van der Waals surface area (Å²) in [6.07, 6.45) is 8.79. The Morgan fingerprint density at radius 3 is 2.73 bits per heavy atom. The van der Waals surface area contributed by atoms with Gasteiger partial charge in [0.05, 0.1) is 30.2 Å². The van der Waals surface area contributed by atoms with Crippen molar-refractivity contribution >= 4 is 28.7 Å². The number of hydrogen-bond acceptors (Lipinski definition) is 5. The van der Waals surface area contributed by atoms with Crippen LogP contribution in [0.25, 0.3) is 10.9 Å². The lowest BCUT2D eigenvalue weighted by Gasteiger charge is -2.34. The van der Waals surface area contributed by atoms with Crippen molar-refractivity contribution < 1.29 is 19.5 Å². The number of nitrogens with zero attached hydrogens (tertiary/aromatic N) is 3. The number of hydrogen-bond donors (Lipinski definition) is 5. The Balaban J connectivity index is 1.26. The van der Waals surface area contributed by atoms with Crippen LogP contribution in [0.4, 0.5) is 4.79 Å². The minimum Gasteiger partial charge on any atom is -0.389 e. The monoisotopic (exact) mass is 561 g/mol. The molecule has 2 fully saturated rings. The van der Waals surface area contributed by atoms with Crippen molar-refractivity contribution in [1.29, 1.82) is 0 Å². The van der Waals surface area contributed by atoms with E-state index in [0.717, 1.165) is 42.1 Å². The maximum atomic E-state index is 14.1. The lowest BCUT2D eigenvalue weighted by atomic mass is 9.82. The number of H-pyrrole nitrogens is 2. The molecule has 3 aromatic rings. The molecule has 1 aliphatic carbocycles. The Morgan fingerprint density at radius 1 is 1.20 bits per heavy atom. The lowest BCUT2D eigenvalue weighted by Crippen LogP contribution is -2.57. The Kier molecular flexibility index (Phi) is 7.70. The van der Waals surface area contributed by atoms with Gasteiger partial charge in [0.2, 0.25) is 5.91 Å². The van der Waals surface area contributed by atoms with Crippen LogP contribution in [0.2, 0.25) is 0 Å². The molecule has 4 heterocycles. The van der Waals surface area contributed by atoms with Crippen molar-refractivity contribution in [1.82, 2.24) is 35.4 Å². The number of amides is 4. The van der Waals surface area contributed by atoms with Gasteiger partial charge in [0.1, 0.15) is 11.7 Å². The average molecular weight is 562 g/mol. The van der Waals surface area contributed by atoms with E-state index in [4.69, 9.17) is 0 Å². The molecule has 1 aromatic carbocycles. The minimum atomic E-state index is -0.960. The number of aliphatic hydroxyl groups excluding tert-OH is 1. The second-order valence-corrected chi connectivity index (χ2v) is 11.7. The van der Waals surface area contributed by atoms with Gasteiger partial charge in [0, 0.05) is 48.7 Å². The molecule has 6 rings (SSSR count). The van der Waals surface area contributed by atoms with E-state index in [0.29, 0.717) is 43.4 Å². The van der Waals surface area contributed by atoms with Crippen molar-refractivity contribution in [2.45, 2.75) is 82.6 Å². The molecule has 1 saturated heterocycles. The molecule has 2 aromatic heterocycles. The number of carbonyl (C=O) groups is 3. The van der Waals surface area contributed by atoms with Crippen molar-refractivity contribution in [2.24, 2.45) is 5.92 Å². The maximum absolute atomic E-state index is 14.1. The van der Waals surface area contributed by atoms with Crippen molar-refractivity contribution in [3.8, 4) is 0 Å². The fourth-order valence-electron chi connectivity index (χ4n) is 6.84. The molecule has 4 atom stereocenters. The molecule has 0 spiro atoms. The van der Waals surface area contributed by atoms with E-state index in [9.17, 15) is 19.5 Å². The van der Waals surface area contributed by atoms with Gasteiger partial charge in [-0.05, 0) is 25.3 Å². The summed E-state index contributed by atoms with van der Waals surface area (Å²) in [6, 6.07) is 5.72. The highest BCUT2D eigenvalue weighted by molar-refractivity contribution is 6.05. The van der Waals surface area contributed by atoms with Gasteiger partial charge in [-0.25, -0.2) is 9.78 Å². The predicted octanol–water partition coefficient (Wildman–Crippen LogP) is 2.69. The number of para-hydroxylation sites is 1. The number of carbonyl (C=O) groups excluding carboxylic acids is 3. The van der Waals surface area contributed by atoms with Gasteiger partial charge < -0.3 is 35.5 Å². The van der Waals surface area contributed by atoms with Crippen LogP contribution in [0.1, 0.15) is 67.2 Å². The summed E-state index contributed by atoms with van der Waals surface area (Å²) in [6.45, 7) is 3.14. The lowest BCUT2D eigenvalue weighted by molar-refractivity contribution is -0.127. The number of fused-ring (bicyclic) bond motifs is 3. The number of likely N-dealkylation sites (N-methyl/N-ethyl adjacent to an activating group) is 1. The second kappa shape index (κ2) is 11.6. The van der Waals surface area contributed by atoms with Gasteiger partial charge in [0.25, 0.3) is 5.91 Å². The molecule has 2 aliphatic heterocycles. The maximum Gasteiger partial charge on any atom is 0.317 e. The number of aromatic amines is 2. The van der Waals surface area contributed by atoms with Crippen LogP contribution in [0.5, 0.6) is 0 Å². The number of imidazole rings is 1. The first-order valence-corrected chi connectivity index (χ1v) is 14.8. The van der Waals surface area contributed by atoms with Crippen molar-refractivity contribution in [2.75, 3.05) is 13.1 Å². The Labute approximate surface area is 239 Å². The number of rotatable bonds is 10. The van der Waals surface area contributed by atoms with Gasteiger partial charge in [-0.15, -0.1) is 0 Å². The summed E-state index contributed by atoms with van der Waals surface area (Å²) < 4.78 is 0. The SMILES string of the molecule is CCN1CC([C@H](O)[C@H](CC2CCCCC2)NC(=O)[C@H](Cc2c[nH]cn2)N2Cc3c([nH]c4ccccc34)C2=O)NC1=O. The summed E-state index contributed by atoms with van der Waals surface area (Å²) in [7, 11) is 0. The third-order valence-electron chi connectivity index (χ3n) is 9.11. The molecule has 5 N–H and O–H groups in total. The van der Waals surface area contributed by atoms with E-state index in [-0.39, 0.29) is 24.3 Å². The standard InChI is InChI=1S/C30H39N7O4/c1-2-36-16-24(35-30(36)41)27(38)23(12-18-8-4-3-5-9-18)34-28(39)25(13-19-14-31-17-32-19)37-15-21-20-10-6-7-11-22(20)33-26(21)29(37)40/h6-7,10-11,14,17-18,23-25,27,33,38H,2-5,8-9,12-13,15-16H2,1H3,(H,31,32)(H,34,39)(H,35,41)/t23-,24?,25-,27+/m0/s1. The van der Waals surface area contributed by atoms with Crippen LogP contribution in [-0.4, -0.2) is 85.0 Å². The summed E-state index contributed by atoms with van der Waals surface area (Å²) >= 11 is 0. The molecular formula is C30H39N7O4. The van der Waals surface area contributed by atoms with Gasteiger partial charge >= 0.3 is 6.03 Å². The van der Waals surface area contributed by atoms with E-state index >= 15 is 0 Å². The minimum absolute atomic E-state index is 0.202. The third kappa shape index (κ3) is 5.42. The molecule has 3 aliphatic rings. The zero-order valence-electron chi connectivity index (χ0n) is 23.4. The van der Waals surface area contributed by atoms with Gasteiger partial charge in [0.15, 0.2) is 0 Å². The molecule has 11 heteroatoms. The molecule has 41 heavy (non-hydrogen) atoms. The van der Waals surface area contributed by atoms with E-state index < -0.39 is 24.2 Å². The molecule has 4 amide bonds. The average Bonchev–Trinajstić information content (AvgIpc) is 3.77. The summed E-state index contributed by atoms with van der Waals surface area (Å²) in [5.74, 6) is -0.169. The normalized spacial score (nSPS) is 21.7. The van der Waals surface area contributed by atoms with Gasteiger partial charge in [-0.2, -0.15) is 0 Å². The Bertz CT molecular complexity index is 1400. The first-order chi connectivity index (χ1) is 19.9. The number of nitrogens with one attached hydrogen (secondary N) is 4. The quantitative estimate of drug-likeness (QED) is 0.258. The fraction of sp³-hybridized carbons (Fsp3) is 0.533. The second-order valence-electron chi connectivity index (χ2n) is 11.7. The molecule has 218 valence electrons. The van der Waals surface area contributed by atoms with E-state index in [2.05, 4.69) is 25.6 Å². The molecule has 0 radical (unpaired) electrons. The summed E-state index contributed by atoms with van der Waals surface area (Å²) in [5, 5.41) is 18.6. The van der Waals surface area contributed by atoms with Crippen LogP contribution in [0, 0.1) is 5.92 Å². The van der Waals surface area contributed by atoms with Crippen molar-refractivity contribution in [3.05, 3.63) is 53.7 Å². The molecule has 1 saturated carbocycles. The predicted molar refractivity (Wildman–Crippen MR) is 153 cm³/mol. The van der Waals surface area contributed by atoms with Gasteiger partial charge in [-0.3, -0.25) is 9.59 Å². The molecule has 1 unspecified atom stereocenters. The molecular weight excluding hydrogens is 522 g/mol.